The van der Waals surface area contributed by atoms with E-state index in [9.17, 15) is 4.79 Å². The zero-order valence-corrected chi connectivity index (χ0v) is 16.3. The zero-order valence-electron chi connectivity index (χ0n) is 16.3. The summed E-state index contributed by atoms with van der Waals surface area (Å²) in [6, 6.07) is 4.19. The maximum absolute atomic E-state index is 12.9. The van der Waals surface area contributed by atoms with Crippen LogP contribution in [0.15, 0.2) is 30.7 Å². The number of anilines is 1. The Bertz CT molecular complexity index is 806. The summed E-state index contributed by atoms with van der Waals surface area (Å²) < 4.78 is 2.12. The smallest absolute Gasteiger partial charge is 0.274 e. The first-order chi connectivity index (χ1) is 13.7. The van der Waals surface area contributed by atoms with Gasteiger partial charge in [-0.2, -0.15) is 0 Å². The van der Waals surface area contributed by atoms with E-state index in [2.05, 4.69) is 36.9 Å². The minimum absolute atomic E-state index is 0.103. The molecule has 2 aromatic heterocycles. The third kappa shape index (κ3) is 3.28. The molecule has 3 aliphatic rings. The molecule has 0 radical (unpaired) electrons. The molecule has 3 aliphatic heterocycles. The van der Waals surface area contributed by atoms with Gasteiger partial charge in [-0.25, -0.2) is 4.98 Å². The van der Waals surface area contributed by atoms with Crippen molar-refractivity contribution in [2.24, 2.45) is 5.41 Å². The van der Waals surface area contributed by atoms with Gasteiger partial charge in [0.15, 0.2) is 0 Å². The molecule has 2 fully saturated rings. The highest BCUT2D eigenvalue weighted by Crippen LogP contribution is 2.42. The summed E-state index contributed by atoms with van der Waals surface area (Å²) in [6.07, 6.45) is 10.3. The number of pyridine rings is 1. The minimum Gasteiger partial charge on any atom is -0.371 e. The van der Waals surface area contributed by atoms with Crippen molar-refractivity contribution in [2.45, 2.75) is 38.8 Å². The number of aromatic nitrogens is 3. The van der Waals surface area contributed by atoms with Crippen molar-refractivity contribution < 1.29 is 4.79 Å². The number of imidazole rings is 1. The van der Waals surface area contributed by atoms with Gasteiger partial charge in [-0.3, -0.25) is 9.78 Å². The van der Waals surface area contributed by atoms with Gasteiger partial charge in [-0.05, 0) is 43.2 Å². The van der Waals surface area contributed by atoms with E-state index in [-0.39, 0.29) is 5.91 Å². The second-order valence-electron chi connectivity index (χ2n) is 8.40. The van der Waals surface area contributed by atoms with Crippen molar-refractivity contribution >= 4 is 11.6 Å². The molecule has 1 amide bonds. The Morgan fingerprint density at radius 1 is 1.00 bits per heavy atom. The van der Waals surface area contributed by atoms with Crippen LogP contribution in [-0.2, 0) is 13.1 Å². The highest BCUT2D eigenvalue weighted by Gasteiger charge is 2.39. The first-order valence-electron chi connectivity index (χ1n) is 10.4. The van der Waals surface area contributed by atoms with Crippen molar-refractivity contribution in [3.63, 3.8) is 0 Å². The van der Waals surface area contributed by atoms with Gasteiger partial charge < -0.3 is 19.7 Å². The largest absolute Gasteiger partial charge is 0.371 e. The average Bonchev–Trinajstić information content (AvgIpc) is 3.19. The molecule has 2 aromatic rings. The van der Waals surface area contributed by atoms with Crippen LogP contribution < -0.4 is 10.2 Å². The van der Waals surface area contributed by atoms with Crippen LogP contribution >= 0.6 is 0 Å². The molecule has 148 valence electrons. The predicted octanol–water partition coefficient (Wildman–Crippen LogP) is 1.90. The maximum atomic E-state index is 12.9. The summed E-state index contributed by atoms with van der Waals surface area (Å²) >= 11 is 0. The zero-order chi connectivity index (χ0) is 19.0. The van der Waals surface area contributed by atoms with E-state index in [1.165, 1.54) is 18.5 Å². The lowest BCUT2D eigenvalue weighted by Crippen LogP contribution is -2.48. The van der Waals surface area contributed by atoms with Crippen LogP contribution in [0, 0.1) is 5.41 Å². The Hall–Kier alpha value is -2.41. The number of carbonyl (C=O) groups excluding carboxylic acids is 1. The number of hydrogen-bond donors (Lipinski definition) is 1. The van der Waals surface area contributed by atoms with Gasteiger partial charge in [0.1, 0.15) is 11.5 Å². The third-order valence-corrected chi connectivity index (χ3v) is 6.85. The molecule has 0 atom stereocenters. The Kier molecular flexibility index (Phi) is 4.55. The van der Waals surface area contributed by atoms with Gasteiger partial charge in [0.25, 0.3) is 5.91 Å². The van der Waals surface area contributed by atoms with Gasteiger partial charge in [-0.15, -0.1) is 0 Å². The van der Waals surface area contributed by atoms with Crippen LogP contribution in [0.4, 0.5) is 5.69 Å². The first kappa shape index (κ1) is 17.7. The van der Waals surface area contributed by atoms with Crippen molar-refractivity contribution in [3.05, 3.63) is 42.2 Å². The summed E-state index contributed by atoms with van der Waals surface area (Å²) in [5, 5.41) is 3.31. The molecule has 2 saturated heterocycles. The number of hydrogen-bond acceptors (Lipinski definition) is 5. The highest BCUT2D eigenvalue weighted by atomic mass is 16.2. The number of nitrogens with one attached hydrogen (secondary N) is 1. The van der Waals surface area contributed by atoms with Crippen LogP contribution in [-0.4, -0.2) is 58.1 Å². The Balaban J connectivity index is 1.19. The van der Waals surface area contributed by atoms with E-state index in [0.29, 0.717) is 11.1 Å². The molecule has 1 N–H and O–H groups in total. The maximum Gasteiger partial charge on any atom is 0.274 e. The fourth-order valence-electron chi connectivity index (χ4n) is 4.93. The van der Waals surface area contributed by atoms with E-state index >= 15 is 0 Å². The third-order valence-electron chi connectivity index (χ3n) is 6.85. The van der Waals surface area contributed by atoms with E-state index in [1.54, 1.807) is 0 Å². The Morgan fingerprint density at radius 3 is 2.43 bits per heavy atom. The predicted molar refractivity (Wildman–Crippen MR) is 107 cm³/mol. The summed E-state index contributed by atoms with van der Waals surface area (Å²) in [5.74, 6) is 1.08. The molecule has 0 unspecified atom stereocenters. The molecule has 7 nitrogen and oxygen atoms in total. The number of carbonyl (C=O) groups is 1. The van der Waals surface area contributed by atoms with E-state index in [0.717, 1.165) is 64.5 Å². The summed E-state index contributed by atoms with van der Waals surface area (Å²) in [5.41, 5.74) is 2.29. The van der Waals surface area contributed by atoms with Gasteiger partial charge >= 0.3 is 0 Å². The quantitative estimate of drug-likeness (QED) is 0.862. The monoisotopic (exact) mass is 380 g/mol. The van der Waals surface area contributed by atoms with Gasteiger partial charge in [0.05, 0.1) is 6.54 Å². The number of likely N-dealkylation sites (tertiary alicyclic amines) is 1. The highest BCUT2D eigenvalue weighted by molar-refractivity contribution is 5.92. The Morgan fingerprint density at radius 2 is 1.71 bits per heavy atom. The topological polar surface area (TPSA) is 66.3 Å². The summed E-state index contributed by atoms with van der Waals surface area (Å²) in [6.45, 7) is 6.50. The van der Waals surface area contributed by atoms with E-state index in [1.807, 2.05) is 23.5 Å². The second kappa shape index (κ2) is 7.20. The van der Waals surface area contributed by atoms with Crippen LogP contribution in [0.2, 0.25) is 0 Å². The lowest BCUT2D eigenvalue weighted by atomic mass is 9.71. The Labute approximate surface area is 165 Å². The molecular weight excluding hydrogens is 352 g/mol. The molecule has 0 bridgehead atoms. The SMILES string of the molecule is O=C(c1cn2c(n1)CNCC2)N1CCC2(CC1)CCN(c1ccncc1)CC2. The number of rotatable bonds is 2. The average molecular weight is 380 g/mol. The summed E-state index contributed by atoms with van der Waals surface area (Å²) in [4.78, 5) is 26.1. The fraction of sp³-hybridized carbons (Fsp3) is 0.571. The molecule has 0 aliphatic carbocycles. The molecule has 28 heavy (non-hydrogen) atoms. The molecule has 7 heteroatoms. The fourth-order valence-corrected chi connectivity index (χ4v) is 4.93. The van der Waals surface area contributed by atoms with Crippen molar-refractivity contribution in [1.82, 2.24) is 24.8 Å². The van der Waals surface area contributed by atoms with E-state index in [4.69, 9.17) is 0 Å². The lowest BCUT2D eigenvalue weighted by molar-refractivity contribution is 0.0510. The molecule has 5 heterocycles. The molecule has 1 spiro atoms. The number of amides is 1. The lowest BCUT2D eigenvalue weighted by Gasteiger charge is -2.47. The second-order valence-corrected chi connectivity index (χ2v) is 8.40. The minimum atomic E-state index is 0.103. The van der Waals surface area contributed by atoms with Crippen LogP contribution in [0.1, 0.15) is 42.0 Å². The van der Waals surface area contributed by atoms with Crippen molar-refractivity contribution in [3.8, 4) is 0 Å². The standard InChI is InChI=1S/C21H28N6O/c28-20(18-16-27-14-9-23-15-19(27)24-18)26-12-5-21(6-13-26)3-10-25(11-4-21)17-1-7-22-8-2-17/h1-2,7-8,16,23H,3-6,9-15H2. The number of fused-ring (bicyclic) bond motifs is 1. The van der Waals surface area contributed by atoms with Crippen LogP contribution in [0.5, 0.6) is 0 Å². The van der Waals surface area contributed by atoms with Crippen LogP contribution in [0.25, 0.3) is 0 Å². The van der Waals surface area contributed by atoms with Crippen molar-refractivity contribution in [2.75, 3.05) is 37.6 Å². The number of nitrogens with zero attached hydrogens (tertiary/aromatic N) is 5. The number of piperidine rings is 2. The van der Waals surface area contributed by atoms with E-state index < -0.39 is 0 Å². The molecule has 0 saturated carbocycles. The first-order valence-corrected chi connectivity index (χ1v) is 10.4. The molecule has 5 rings (SSSR count). The van der Waals surface area contributed by atoms with Gasteiger partial charge in [0.2, 0.25) is 0 Å². The van der Waals surface area contributed by atoms with Crippen molar-refractivity contribution in [1.29, 1.82) is 0 Å². The van der Waals surface area contributed by atoms with Crippen LogP contribution in [0.3, 0.4) is 0 Å². The summed E-state index contributed by atoms with van der Waals surface area (Å²) in [7, 11) is 0. The normalized spacial score (nSPS) is 21.6. The molecule has 0 aromatic carbocycles. The van der Waals surface area contributed by atoms with Gasteiger partial charge in [-0.1, -0.05) is 0 Å². The molecular formula is C21H28N6O. The van der Waals surface area contributed by atoms with Gasteiger partial charge in [0, 0.05) is 63.5 Å².